The van der Waals surface area contributed by atoms with E-state index in [0.29, 0.717) is 0 Å². The molecule has 1 N–H and O–H groups in total. The van der Waals surface area contributed by atoms with Gasteiger partial charge in [-0.2, -0.15) is 0 Å². The summed E-state index contributed by atoms with van der Waals surface area (Å²) in [5, 5.41) is 2.63. The van der Waals surface area contributed by atoms with E-state index >= 15 is 0 Å². The number of nitrogens with zero attached hydrogens (tertiary/aromatic N) is 1. The third-order valence-corrected chi connectivity index (χ3v) is 4.50. The lowest BCUT2D eigenvalue weighted by molar-refractivity contribution is 0.0946. The van der Waals surface area contributed by atoms with E-state index in [1.54, 1.807) is 0 Å². The van der Waals surface area contributed by atoms with Gasteiger partial charge in [0.15, 0.2) is 0 Å². The summed E-state index contributed by atoms with van der Waals surface area (Å²) < 4.78 is 26.7. The number of rotatable bonds is 5. The quantitative estimate of drug-likeness (QED) is 0.893. The Morgan fingerprint density at radius 2 is 1.64 bits per heavy atom. The lowest BCUT2D eigenvalue weighted by Gasteiger charge is -2.26. The topological polar surface area (TPSA) is 32.3 Å². The number of carbonyl (C=O) groups is 1. The van der Waals surface area contributed by atoms with Gasteiger partial charge in [-0.1, -0.05) is 30.7 Å². The maximum absolute atomic E-state index is 13.6. The zero-order chi connectivity index (χ0) is 17.6. The van der Waals surface area contributed by atoms with Crippen molar-refractivity contribution in [2.45, 2.75) is 32.4 Å². The van der Waals surface area contributed by atoms with Crippen LogP contribution in [0.5, 0.6) is 0 Å². The highest BCUT2D eigenvalue weighted by atomic mass is 19.1. The molecule has 1 heterocycles. The Bertz CT molecular complexity index is 725. The van der Waals surface area contributed by atoms with E-state index in [-0.39, 0.29) is 12.1 Å². The van der Waals surface area contributed by atoms with Crippen LogP contribution >= 0.6 is 0 Å². The Labute approximate surface area is 146 Å². The fraction of sp³-hybridized carbons (Fsp3) is 0.350. The van der Waals surface area contributed by atoms with Gasteiger partial charge < -0.3 is 5.32 Å². The smallest absolute Gasteiger partial charge is 0.254 e. The van der Waals surface area contributed by atoms with Gasteiger partial charge in [0.2, 0.25) is 0 Å². The molecule has 0 aromatic heterocycles. The summed E-state index contributed by atoms with van der Waals surface area (Å²) in [4.78, 5) is 14.4. The minimum absolute atomic E-state index is 0.276. The van der Waals surface area contributed by atoms with E-state index in [1.807, 2.05) is 12.1 Å². The van der Waals surface area contributed by atoms with Crippen molar-refractivity contribution < 1.29 is 13.6 Å². The average Bonchev–Trinajstić information content (AvgIpc) is 2.64. The molecular weight excluding hydrogens is 322 g/mol. The van der Waals surface area contributed by atoms with E-state index < -0.39 is 17.5 Å². The van der Waals surface area contributed by atoms with E-state index in [9.17, 15) is 13.6 Å². The van der Waals surface area contributed by atoms with E-state index in [2.05, 4.69) is 22.3 Å². The first-order valence-electron chi connectivity index (χ1n) is 8.65. The number of nitrogens with one attached hydrogen (secondary N) is 1. The van der Waals surface area contributed by atoms with Crippen LogP contribution in [0.4, 0.5) is 8.78 Å². The summed E-state index contributed by atoms with van der Waals surface area (Å²) in [6.45, 7) is 3.52. The molecule has 0 bridgehead atoms. The van der Waals surface area contributed by atoms with Crippen LogP contribution in [0, 0.1) is 11.6 Å². The highest BCUT2D eigenvalue weighted by Gasteiger charge is 2.13. The number of carbonyl (C=O) groups excluding carboxylic acids is 1. The molecule has 0 unspecified atom stereocenters. The molecule has 1 aliphatic rings. The van der Waals surface area contributed by atoms with Gasteiger partial charge in [-0.15, -0.1) is 0 Å². The van der Waals surface area contributed by atoms with Crippen LogP contribution in [-0.2, 0) is 13.1 Å². The zero-order valence-electron chi connectivity index (χ0n) is 14.1. The van der Waals surface area contributed by atoms with Gasteiger partial charge in [0.05, 0.1) is 5.56 Å². The molecule has 25 heavy (non-hydrogen) atoms. The third kappa shape index (κ3) is 4.86. The fourth-order valence-electron chi connectivity index (χ4n) is 3.09. The molecule has 5 heteroatoms. The molecule has 132 valence electrons. The SMILES string of the molecule is O=C(NCc1ccc(CN2CCCCC2)cc1)c1cc(F)ccc1F. The molecule has 0 aliphatic carbocycles. The maximum Gasteiger partial charge on any atom is 0.254 e. The molecule has 2 aromatic carbocycles. The molecule has 3 rings (SSSR count). The summed E-state index contributed by atoms with van der Waals surface area (Å²) in [6, 6.07) is 10.9. The van der Waals surface area contributed by atoms with E-state index in [0.717, 1.165) is 43.4 Å². The molecular formula is C20H22F2N2O. The van der Waals surface area contributed by atoms with Crippen molar-refractivity contribution in [1.29, 1.82) is 0 Å². The predicted octanol–water partition coefficient (Wildman–Crippen LogP) is 3.88. The first-order chi connectivity index (χ1) is 12.1. The van der Waals surface area contributed by atoms with Crippen LogP contribution in [0.3, 0.4) is 0 Å². The van der Waals surface area contributed by atoms with Gasteiger partial charge >= 0.3 is 0 Å². The lowest BCUT2D eigenvalue weighted by atomic mass is 10.1. The first kappa shape index (κ1) is 17.5. The van der Waals surface area contributed by atoms with Crippen molar-refractivity contribution in [3.63, 3.8) is 0 Å². The summed E-state index contributed by atoms with van der Waals surface area (Å²) in [6.07, 6.45) is 3.85. The van der Waals surface area contributed by atoms with Crippen molar-refractivity contribution in [1.82, 2.24) is 10.2 Å². The zero-order valence-corrected chi connectivity index (χ0v) is 14.1. The van der Waals surface area contributed by atoms with Gasteiger partial charge in [0, 0.05) is 13.1 Å². The second-order valence-corrected chi connectivity index (χ2v) is 6.46. The number of amides is 1. The Morgan fingerprint density at radius 1 is 0.960 bits per heavy atom. The van der Waals surface area contributed by atoms with Crippen molar-refractivity contribution in [2.75, 3.05) is 13.1 Å². The van der Waals surface area contributed by atoms with E-state index in [4.69, 9.17) is 0 Å². The number of likely N-dealkylation sites (tertiary alicyclic amines) is 1. The molecule has 1 fully saturated rings. The Balaban J connectivity index is 1.54. The van der Waals surface area contributed by atoms with Gasteiger partial charge in [-0.05, 0) is 55.3 Å². The molecule has 1 amide bonds. The number of hydrogen-bond donors (Lipinski definition) is 1. The number of halogens is 2. The summed E-state index contributed by atoms with van der Waals surface area (Å²) >= 11 is 0. The second kappa shape index (κ2) is 8.21. The Hall–Kier alpha value is -2.27. The molecule has 1 aliphatic heterocycles. The Morgan fingerprint density at radius 3 is 2.36 bits per heavy atom. The standard InChI is InChI=1S/C20H22F2N2O/c21-17-8-9-19(22)18(12-17)20(25)23-13-15-4-6-16(7-5-15)14-24-10-2-1-3-11-24/h4-9,12H,1-3,10-11,13-14H2,(H,23,25). The lowest BCUT2D eigenvalue weighted by Crippen LogP contribution is -2.29. The summed E-state index contributed by atoms with van der Waals surface area (Å²) in [5.41, 5.74) is 1.89. The minimum atomic E-state index is -0.726. The number of hydrogen-bond acceptors (Lipinski definition) is 2. The van der Waals surface area contributed by atoms with Crippen LogP contribution in [0.15, 0.2) is 42.5 Å². The van der Waals surface area contributed by atoms with Crippen LogP contribution in [-0.4, -0.2) is 23.9 Å². The van der Waals surface area contributed by atoms with Crippen LogP contribution in [0.2, 0.25) is 0 Å². The van der Waals surface area contributed by atoms with Crippen molar-refractivity contribution >= 4 is 5.91 Å². The number of piperidine rings is 1. The van der Waals surface area contributed by atoms with Crippen LogP contribution < -0.4 is 5.32 Å². The first-order valence-corrected chi connectivity index (χ1v) is 8.65. The molecule has 2 aromatic rings. The van der Waals surface area contributed by atoms with Crippen molar-refractivity contribution in [2.24, 2.45) is 0 Å². The number of benzene rings is 2. The summed E-state index contributed by atoms with van der Waals surface area (Å²) in [7, 11) is 0. The highest BCUT2D eigenvalue weighted by molar-refractivity contribution is 5.94. The van der Waals surface area contributed by atoms with Gasteiger partial charge in [-0.3, -0.25) is 9.69 Å². The van der Waals surface area contributed by atoms with Crippen LogP contribution in [0.1, 0.15) is 40.7 Å². The maximum atomic E-state index is 13.6. The Kier molecular flexibility index (Phi) is 5.76. The monoisotopic (exact) mass is 344 g/mol. The summed E-state index contributed by atoms with van der Waals surface area (Å²) in [5.74, 6) is -1.97. The molecule has 0 atom stereocenters. The molecule has 1 saturated heterocycles. The normalized spacial score (nSPS) is 15.1. The molecule has 3 nitrogen and oxygen atoms in total. The van der Waals surface area contributed by atoms with E-state index in [1.165, 1.54) is 24.8 Å². The highest BCUT2D eigenvalue weighted by Crippen LogP contribution is 2.14. The van der Waals surface area contributed by atoms with Crippen LogP contribution in [0.25, 0.3) is 0 Å². The van der Waals surface area contributed by atoms with Gasteiger partial charge in [0.25, 0.3) is 5.91 Å². The largest absolute Gasteiger partial charge is 0.348 e. The molecule has 0 radical (unpaired) electrons. The minimum Gasteiger partial charge on any atom is -0.348 e. The van der Waals surface area contributed by atoms with Gasteiger partial charge in [-0.25, -0.2) is 8.78 Å². The second-order valence-electron chi connectivity index (χ2n) is 6.46. The molecule has 0 spiro atoms. The van der Waals surface area contributed by atoms with Crippen molar-refractivity contribution in [3.05, 3.63) is 70.8 Å². The average molecular weight is 344 g/mol. The fourth-order valence-corrected chi connectivity index (χ4v) is 3.09. The van der Waals surface area contributed by atoms with Gasteiger partial charge in [0.1, 0.15) is 11.6 Å². The third-order valence-electron chi connectivity index (χ3n) is 4.50. The predicted molar refractivity (Wildman–Crippen MR) is 93.1 cm³/mol. The molecule has 0 saturated carbocycles. The van der Waals surface area contributed by atoms with Crippen molar-refractivity contribution in [3.8, 4) is 0 Å².